The lowest BCUT2D eigenvalue weighted by Gasteiger charge is -2.13. The van der Waals surface area contributed by atoms with Gasteiger partial charge in [0.1, 0.15) is 5.75 Å². The van der Waals surface area contributed by atoms with Crippen LogP contribution in [0.4, 0.5) is 5.69 Å². The zero-order valence-corrected chi connectivity index (χ0v) is 17.6. The second-order valence-electron chi connectivity index (χ2n) is 6.71. The Bertz CT molecular complexity index is 969. The van der Waals surface area contributed by atoms with Crippen LogP contribution in [0.1, 0.15) is 32.3 Å². The van der Waals surface area contributed by atoms with Crippen LogP contribution in [-0.4, -0.2) is 33.1 Å². The third kappa shape index (κ3) is 5.08. The Balaban J connectivity index is 1.64. The Hall–Kier alpha value is -3.00. The average Bonchev–Trinajstić information content (AvgIpc) is 3.08. The second-order valence-corrected chi connectivity index (χ2v) is 7.65. The Kier molecular flexibility index (Phi) is 6.77. The topological polar surface area (TPSA) is 95.1 Å². The molecule has 8 heteroatoms. The van der Waals surface area contributed by atoms with Gasteiger partial charge in [-0.15, -0.1) is 10.2 Å². The van der Waals surface area contributed by atoms with E-state index in [-0.39, 0.29) is 11.7 Å². The highest BCUT2D eigenvalue weighted by atomic mass is 32.2. The number of aromatic nitrogens is 3. The molecule has 152 valence electrons. The molecule has 1 aromatic heterocycles. The number of para-hydroxylation sites is 1. The summed E-state index contributed by atoms with van der Waals surface area (Å²) in [7, 11) is 0. The summed E-state index contributed by atoms with van der Waals surface area (Å²) < 4.78 is 6.84. The van der Waals surface area contributed by atoms with E-state index in [9.17, 15) is 4.79 Å². The minimum absolute atomic E-state index is 0.117. The molecule has 0 fully saturated rings. The number of anilines is 1. The summed E-state index contributed by atoms with van der Waals surface area (Å²) in [5, 5.41) is 11.7. The number of ether oxygens (including phenoxy) is 1. The fourth-order valence-electron chi connectivity index (χ4n) is 2.87. The molecule has 0 aliphatic rings. The van der Waals surface area contributed by atoms with Gasteiger partial charge in [0.05, 0.1) is 12.4 Å². The van der Waals surface area contributed by atoms with Gasteiger partial charge in [-0.05, 0) is 48.7 Å². The first-order valence-electron chi connectivity index (χ1n) is 9.45. The van der Waals surface area contributed by atoms with Gasteiger partial charge in [0, 0.05) is 11.3 Å². The van der Waals surface area contributed by atoms with Crippen molar-refractivity contribution in [1.82, 2.24) is 14.9 Å². The number of carbonyl (C=O) groups excluding carboxylic acids is 1. The number of amides is 1. The predicted octanol–water partition coefficient (Wildman–Crippen LogP) is 3.91. The maximum atomic E-state index is 12.4. The number of nitrogens with zero attached hydrogens (tertiary/aromatic N) is 3. The summed E-state index contributed by atoms with van der Waals surface area (Å²) >= 11 is 1.24. The summed E-state index contributed by atoms with van der Waals surface area (Å²) in [6, 6.07) is 15.3. The van der Waals surface area contributed by atoms with Gasteiger partial charge in [-0.25, -0.2) is 4.68 Å². The van der Waals surface area contributed by atoms with E-state index >= 15 is 0 Å². The monoisotopic (exact) mass is 411 g/mol. The highest BCUT2D eigenvalue weighted by molar-refractivity contribution is 7.99. The molecule has 0 saturated carbocycles. The standard InChI is InChI=1S/C21H25N5O2S/c1-4-28-16-11-9-15(10-12-16)20-24-25-21(26(20)22)29-13-19(27)23-18-8-6-5-7-17(18)14(2)3/h5-12,14H,4,13,22H2,1-3H3,(H,23,27). The predicted molar refractivity (Wildman–Crippen MR) is 117 cm³/mol. The Morgan fingerprint density at radius 1 is 1.17 bits per heavy atom. The summed E-state index contributed by atoms with van der Waals surface area (Å²) in [6.07, 6.45) is 0. The van der Waals surface area contributed by atoms with Crippen LogP contribution in [-0.2, 0) is 4.79 Å². The quantitative estimate of drug-likeness (QED) is 0.431. The lowest BCUT2D eigenvalue weighted by atomic mass is 10.0. The number of thioether (sulfide) groups is 1. The Morgan fingerprint density at radius 2 is 1.90 bits per heavy atom. The molecular weight excluding hydrogens is 386 g/mol. The fraction of sp³-hybridized carbons (Fsp3) is 0.286. The number of benzene rings is 2. The van der Waals surface area contributed by atoms with Gasteiger partial charge in [0.2, 0.25) is 11.1 Å². The van der Waals surface area contributed by atoms with Gasteiger partial charge in [0.25, 0.3) is 0 Å². The number of nitrogens with two attached hydrogens (primary N) is 1. The van der Waals surface area contributed by atoms with E-state index in [1.807, 2.05) is 55.5 Å². The molecule has 0 unspecified atom stereocenters. The largest absolute Gasteiger partial charge is 0.494 e. The van der Waals surface area contributed by atoms with E-state index in [4.69, 9.17) is 10.6 Å². The first-order valence-corrected chi connectivity index (χ1v) is 10.4. The molecule has 3 aromatic rings. The van der Waals surface area contributed by atoms with Crippen LogP contribution >= 0.6 is 11.8 Å². The second kappa shape index (κ2) is 9.47. The Morgan fingerprint density at radius 3 is 2.59 bits per heavy atom. The molecule has 0 bridgehead atoms. The van der Waals surface area contributed by atoms with Crippen molar-refractivity contribution in [2.24, 2.45) is 0 Å². The molecule has 0 saturated heterocycles. The molecule has 1 amide bonds. The molecule has 3 N–H and O–H groups in total. The molecule has 2 aromatic carbocycles. The van der Waals surface area contributed by atoms with Crippen LogP contribution in [0.25, 0.3) is 11.4 Å². The van der Waals surface area contributed by atoms with Gasteiger partial charge in [-0.1, -0.05) is 43.8 Å². The maximum absolute atomic E-state index is 12.4. The lowest BCUT2D eigenvalue weighted by molar-refractivity contribution is -0.113. The molecule has 0 atom stereocenters. The van der Waals surface area contributed by atoms with E-state index < -0.39 is 0 Å². The van der Waals surface area contributed by atoms with Crippen LogP contribution in [0, 0.1) is 0 Å². The first kappa shape index (κ1) is 20.7. The molecule has 29 heavy (non-hydrogen) atoms. The molecule has 0 radical (unpaired) electrons. The first-order chi connectivity index (χ1) is 14.0. The van der Waals surface area contributed by atoms with Crippen LogP contribution in [0.15, 0.2) is 53.7 Å². The number of hydrogen-bond donors (Lipinski definition) is 2. The zero-order valence-electron chi connectivity index (χ0n) is 16.8. The van der Waals surface area contributed by atoms with Crippen molar-refractivity contribution >= 4 is 23.4 Å². The summed E-state index contributed by atoms with van der Waals surface area (Å²) in [4.78, 5) is 12.4. The Labute approximate surface area is 174 Å². The van der Waals surface area contributed by atoms with Gasteiger partial charge in [-0.3, -0.25) is 4.79 Å². The smallest absolute Gasteiger partial charge is 0.234 e. The maximum Gasteiger partial charge on any atom is 0.234 e. The van der Waals surface area contributed by atoms with Crippen molar-refractivity contribution in [3.05, 3.63) is 54.1 Å². The zero-order chi connectivity index (χ0) is 20.8. The van der Waals surface area contributed by atoms with Crippen molar-refractivity contribution in [1.29, 1.82) is 0 Å². The molecule has 0 aliphatic heterocycles. The van der Waals surface area contributed by atoms with E-state index in [0.717, 1.165) is 22.6 Å². The van der Waals surface area contributed by atoms with Gasteiger partial charge in [0.15, 0.2) is 5.82 Å². The SMILES string of the molecule is CCOc1ccc(-c2nnc(SCC(=O)Nc3ccccc3C(C)C)n2N)cc1. The van der Waals surface area contributed by atoms with Gasteiger partial charge in [-0.2, -0.15) is 0 Å². The molecule has 1 heterocycles. The van der Waals surface area contributed by atoms with Crippen molar-refractivity contribution in [2.45, 2.75) is 31.8 Å². The number of nitrogen functional groups attached to an aromatic ring is 1. The van der Waals surface area contributed by atoms with E-state index in [2.05, 4.69) is 29.4 Å². The van der Waals surface area contributed by atoms with Gasteiger partial charge < -0.3 is 15.9 Å². The van der Waals surface area contributed by atoms with Crippen molar-refractivity contribution in [3.8, 4) is 17.1 Å². The van der Waals surface area contributed by atoms with Crippen molar-refractivity contribution < 1.29 is 9.53 Å². The van der Waals surface area contributed by atoms with Gasteiger partial charge >= 0.3 is 0 Å². The lowest BCUT2D eigenvalue weighted by Crippen LogP contribution is -2.17. The highest BCUT2D eigenvalue weighted by Gasteiger charge is 2.15. The molecule has 0 aliphatic carbocycles. The van der Waals surface area contributed by atoms with Crippen molar-refractivity contribution in [3.63, 3.8) is 0 Å². The minimum atomic E-state index is -0.117. The minimum Gasteiger partial charge on any atom is -0.494 e. The van der Waals surface area contributed by atoms with E-state index in [0.29, 0.717) is 23.5 Å². The number of rotatable bonds is 8. The fourth-order valence-corrected chi connectivity index (χ4v) is 3.53. The van der Waals surface area contributed by atoms with Crippen LogP contribution < -0.4 is 15.9 Å². The summed E-state index contributed by atoms with van der Waals surface area (Å²) in [5.74, 6) is 7.85. The number of carbonyl (C=O) groups is 1. The van der Waals surface area contributed by atoms with E-state index in [1.54, 1.807) is 0 Å². The van der Waals surface area contributed by atoms with Crippen molar-refractivity contribution in [2.75, 3.05) is 23.5 Å². The molecule has 7 nitrogen and oxygen atoms in total. The third-order valence-corrected chi connectivity index (χ3v) is 5.22. The summed E-state index contributed by atoms with van der Waals surface area (Å²) in [5.41, 5.74) is 2.76. The number of hydrogen-bond acceptors (Lipinski definition) is 6. The molecular formula is C21H25N5O2S. The normalized spacial score (nSPS) is 10.9. The molecule has 3 rings (SSSR count). The third-order valence-electron chi connectivity index (χ3n) is 4.28. The number of nitrogens with one attached hydrogen (secondary N) is 1. The average molecular weight is 412 g/mol. The highest BCUT2D eigenvalue weighted by Crippen LogP contribution is 2.26. The summed E-state index contributed by atoms with van der Waals surface area (Å²) in [6.45, 7) is 6.74. The van der Waals surface area contributed by atoms with Crippen LogP contribution in [0.3, 0.4) is 0 Å². The molecule has 0 spiro atoms. The van der Waals surface area contributed by atoms with Crippen LogP contribution in [0.2, 0.25) is 0 Å². The van der Waals surface area contributed by atoms with E-state index in [1.165, 1.54) is 16.4 Å². The van der Waals surface area contributed by atoms with Crippen LogP contribution in [0.5, 0.6) is 5.75 Å².